The van der Waals surface area contributed by atoms with Gasteiger partial charge in [0.15, 0.2) is 0 Å². The molecule has 0 amide bonds. The molecule has 0 fully saturated rings. The van der Waals surface area contributed by atoms with E-state index in [1.165, 1.54) is 21.0 Å². The summed E-state index contributed by atoms with van der Waals surface area (Å²) in [6, 6.07) is 0. The molecule has 0 radical (unpaired) electrons. The van der Waals surface area contributed by atoms with Crippen LogP contribution in [0.1, 0.15) is 13.3 Å². The van der Waals surface area contributed by atoms with Gasteiger partial charge in [0.05, 0.1) is 6.17 Å². The Hall–Kier alpha value is -1.64. The largest absolute Gasteiger partial charge is 0.451 e. The van der Waals surface area contributed by atoms with Crippen LogP contribution in [0.15, 0.2) is 26.6 Å². The second-order valence-corrected chi connectivity index (χ2v) is 3.85. The van der Waals surface area contributed by atoms with Gasteiger partial charge in [0.25, 0.3) is 6.43 Å². The number of allylic oxidation sites excluding steroid dienone is 2. The van der Waals surface area contributed by atoms with Crippen LogP contribution in [0.25, 0.3) is 0 Å². The summed E-state index contributed by atoms with van der Waals surface area (Å²) in [5, 5.41) is 2.52. The summed E-state index contributed by atoms with van der Waals surface area (Å²) < 4.78 is 62.8. The summed E-state index contributed by atoms with van der Waals surface area (Å²) in [6.07, 6.45) is -5.53. The van der Waals surface area contributed by atoms with E-state index in [0.29, 0.717) is 0 Å². The molecule has 0 saturated heterocycles. The van der Waals surface area contributed by atoms with Crippen molar-refractivity contribution in [1.82, 2.24) is 5.32 Å². The highest BCUT2D eigenvalue weighted by Crippen LogP contribution is 2.18. The lowest BCUT2D eigenvalue weighted by Gasteiger charge is -2.09. The molecule has 1 atom stereocenters. The summed E-state index contributed by atoms with van der Waals surface area (Å²) >= 11 is 0. The summed E-state index contributed by atoms with van der Waals surface area (Å²) in [5.74, 6) is -1.32. The average Bonchev–Trinajstić information content (AvgIpc) is 2.38. The lowest BCUT2D eigenvalue weighted by Crippen LogP contribution is -2.27. The first-order valence-electron chi connectivity index (χ1n) is 5.97. The Bertz CT molecular complexity index is 424. The number of nitrogens with one attached hydrogen (secondary N) is 1. The van der Waals surface area contributed by atoms with Gasteiger partial charge < -0.3 is 0 Å². The fourth-order valence-electron chi connectivity index (χ4n) is 1.10. The van der Waals surface area contributed by atoms with Crippen LogP contribution in [0, 0.1) is 0 Å². The topological polar surface area (TPSA) is 49.1 Å². The van der Waals surface area contributed by atoms with Crippen molar-refractivity contribution >= 4 is 18.3 Å². The summed E-state index contributed by atoms with van der Waals surface area (Å²) in [5.41, 5.74) is -0.377. The Balaban J connectivity index is 4.96. The molecule has 21 heavy (non-hydrogen) atoms. The van der Waals surface area contributed by atoms with Crippen molar-refractivity contribution in [2.45, 2.75) is 32.1 Å². The number of hydrogen-bond acceptors (Lipinski definition) is 3. The molecule has 1 unspecified atom stereocenters. The quantitative estimate of drug-likeness (QED) is 0.458. The molecule has 0 aliphatic rings. The molecule has 0 heterocycles. The highest BCUT2D eigenvalue weighted by molar-refractivity contribution is 5.94. The molecule has 1 N–H and O–H groups in total. The number of halogens is 5. The Morgan fingerprint density at radius 2 is 1.90 bits per heavy atom. The van der Waals surface area contributed by atoms with Gasteiger partial charge in [-0.2, -0.15) is 13.2 Å². The minimum Gasteiger partial charge on any atom is -0.299 e. The maximum Gasteiger partial charge on any atom is 0.451 e. The predicted octanol–water partition coefficient (Wildman–Crippen LogP) is 2.87. The van der Waals surface area contributed by atoms with Gasteiger partial charge in [0.1, 0.15) is 0 Å². The molecule has 0 aliphatic heterocycles. The van der Waals surface area contributed by atoms with Gasteiger partial charge in [0.2, 0.25) is 5.84 Å². The molecule has 0 aromatic rings. The number of alkyl halides is 5. The van der Waals surface area contributed by atoms with Gasteiger partial charge in [-0.25, -0.2) is 18.8 Å². The fraction of sp³-hybridized carbons (Fsp3) is 0.583. The average molecular weight is 312 g/mol. The van der Waals surface area contributed by atoms with Gasteiger partial charge >= 0.3 is 6.18 Å². The van der Waals surface area contributed by atoms with Crippen molar-refractivity contribution in [1.29, 1.82) is 0 Å². The van der Waals surface area contributed by atoms with Crippen molar-refractivity contribution in [3.05, 3.63) is 11.6 Å². The van der Waals surface area contributed by atoms with E-state index in [-0.39, 0.29) is 12.0 Å². The molecular formula is C12H17F5N4. The normalized spacial score (nSPS) is 16.4. The summed E-state index contributed by atoms with van der Waals surface area (Å²) in [4.78, 5) is 9.97. The molecule has 9 heteroatoms. The number of nitrogens with zero attached hydrogens (tertiary/aromatic N) is 3. The third-order valence-electron chi connectivity index (χ3n) is 2.19. The second-order valence-electron chi connectivity index (χ2n) is 3.85. The molecule has 4 nitrogen and oxygen atoms in total. The zero-order valence-electron chi connectivity index (χ0n) is 11.8. The Morgan fingerprint density at radius 3 is 2.33 bits per heavy atom. The molecule has 0 aliphatic carbocycles. The maximum atomic E-state index is 12.6. The lowest BCUT2D eigenvalue weighted by molar-refractivity contribution is -0.0601. The number of amidine groups is 1. The first-order chi connectivity index (χ1) is 9.72. The van der Waals surface area contributed by atoms with Crippen molar-refractivity contribution in [3.63, 3.8) is 0 Å². The summed E-state index contributed by atoms with van der Waals surface area (Å²) in [6.45, 7) is 1.42. The number of rotatable bonds is 6. The van der Waals surface area contributed by atoms with Gasteiger partial charge in [-0.1, -0.05) is 6.08 Å². The van der Waals surface area contributed by atoms with Gasteiger partial charge in [0, 0.05) is 31.5 Å². The van der Waals surface area contributed by atoms with E-state index in [1.807, 2.05) is 0 Å². The van der Waals surface area contributed by atoms with Gasteiger partial charge in [-0.3, -0.25) is 10.3 Å². The monoisotopic (exact) mass is 312 g/mol. The maximum absolute atomic E-state index is 12.6. The fourth-order valence-corrected chi connectivity index (χ4v) is 1.10. The van der Waals surface area contributed by atoms with Crippen molar-refractivity contribution in [3.8, 4) is 0 Å². The first kappa shape index (κ1) is 19.4. The first-order valence-corrected chi connectivity index (χ1v) is 5.97. The third-order valence-corrected chi connectivity index (χ3v) is 2.19. The van der Waals surface area contributed by atoms with Gasteiger partial charge in [-0.15, -0.1) is 0 Å². The highest BCUT2D eigenvalue weighted by Gasteiger charge is 2.35. The van der Waals surface area contributed by atoms with Crippen LogP contribution in [0.4, 0.5) is 22.0 Å². The van der Waals surface area contributed by atoms with E-state index < -0.39 is 24.6 Å². The van der Waals surface area contributed by atoms with Crippen molar-refractivity contribution in [2.75, 3.05) is 14.1 Å². The minimum atomic E-state index is -4.71. The van der Waals surface area contributed by atoms with Crippen LogP contribution in [-0.4, -0.2) is 51.1 Å². The van der Waals surface area contributed by atoms with E-state index >= 15 is 0 Å². The Morgan fingerprint density at radius 1 is 1.29 bits per heavy atom. The smallest absolute Gasteiger partial charge is 0.299 e. The van der Waals surface area contributed by atoms with Crippen LogP contribution in [0.2, 0.25) is 0 Å². The molecular weight excluding hydrogens is 295 g/mol. The lowest BCUT2D eigenvalue weighted by atomic mass is 10.2. The van der Waals surface area contributed by atoms with E-state index in [9.17, 15) is 22.0 Å². The minimum absolute atomic E-state index is 0.186. The molecule has 0 rings (SSSR count). The molecule has 0 bridgehead atoms. The zero-order chi connectivity index (χ0) is 16.5. The Labute approximate surface area is 119 Å². The standard InChI is InChI=1S/C12H17F5N4/c1-8(19-3)21-11(12(15,16)17)20-6-4-5-9(7-18-2)10(13)14/h5-8,10,19H,4H2,1-3H3/b9-5-,18-7-,20-6-,21-11-. The highest BCUT2D eigenvalue weighted by atomic mass is 19.4. The summed E-state index contributed by atoms with van der Waals surface area (Å²) in [7, 11) is 2.77. The van der Waals surface area contributed by atoms with Crippen LogP contribution in [0.5, 0.6) is 0 Å². The van der Waals surface area contributed by atoms with E-state index in [0.717, 1.165) is 18.5 Å². The number of aliphatic imine (C=N–C) groups is 3. The van der Waals surface area contributed by atoms with E-state index in [2.05, 4.69) is 20.3 Å². The molecule has 0 spiro atoms. The van der Waals surface area contributed by atoms with Crippen LogP contribution < -0.4 is 5.32 Å². The van der Waals surface area contributed by atoms with Crippen LogP contribution >= 0.6 is 0 Å². The second kappa shape index (κ2) is 9.32. The van der Waals surface area contributed by atoms with Crippen LogP contribution in [-0.2, 0) is 0 Å². The van der Waals surface area contributed by atoms with Crippen molar-refractivity contribution in [2.24, 2.45) is 15.0 Å². The Kier molecular flexibility index (Phi) is 8.60. The molecule has 0 aromatic carbocycles. The van der Waals surface area contributed by atoms with Gasteiger partial charge in [-0.05, 0) is 14.0 Å². The SMILES string of the molecule is C/N=C\C(=C\C/C=N\C(=N/C(C)NC)C(F)(F)F)C(F)F. The zero-order valence-corrected chi connectivity index (χ0v) is 11.8. The number of hydrogen-bond donors (Lipinski definition) is 1. The van der Waals surface area contributed by atoms with E-state index in [1.54, 1.807) is 0 Å². The third kappa shape index (κ3) is 8.28. The predicted molar refractivity (Wildman–Crippen MR) is 73.6 cm³/mol. The van der Waals surface area contributed by atoms with E-state index in [4.69, 9.17) is 0 Å². The molecule has 120 valence electrons. The van der Waals surface area contributed by atoms with Crippen LogP contribution in [0.3, 0.4) is 0 Å². The molecule has 0 saturated carbocycles. The molecule has 0 aromatic heterocycles. The van der Waals surface area contributed by atoms with Crippen molar-refractivity contribution < 1.29 is 22.0 Å².